The smallest absolute Gasteiger partial charge is 0.331 e. The van der Waals surface area contributed by atoms with Gasteiger partial charge < -0.3 is 19.5 Å². The van der Waals surface area contributed by atoms with Crippen LogP contribution in [0.5, 0.6) is 11.5 Å². The van der Waals surface area contributed by atoms with Crippen LogP contribution < -0.4 is 14.8 Å². The first-order chi connectivity index (χ1) is 14.8. The molecule has 11 heteroatoms. The van der Waals surface area contributed by atoms with Crippen LogP contribution in [0.4, 0.5) is 11.4 Å². The number of non-ortho nitro benzene ring substituents is 1. The van der Waals surface area contributed by atoms with E-state index in [1.165, 1.54) is 31.4 Å². The second-order valence-corrected chi connectivity index (χ2v) is 6.62. The second kappa shape index (κ2) is 11.3. The summed E-state index contributed by atoms with van der Waals surface area (Å²) in [4.78, 5) is 34.0. The minimum absolute atomic E-state index is 0.129. The van der Waals surface area contributed by atoms with Crippen LogP contribution in [0.15, 0.2) is 46.9 Å². The number of nitriles is 1. The van der Waals surface area contributed by atoms with E-state index in [0.717, 1.165) is 6.08 Å². The van der Waals surface area contributed by atoms with Gasteiger partial charge in [0.15, 0.2) is 24.7 Å². The molecule has 0 saturated heterocycles. The highest BCUT2D eigenvalue weighted by Gasteiger charge is 2.12. The standard InChI is InChI=1S/C20H16BrN3O7/c1-29-18-10-13(2-6-17(18)30-9-8-22)3-7-20(26)31-12-19(25)23-16-5-4-14(24(27)28)11-15(16)21/h2-7,10-11H,9,12H2,1H3,(H,23,25). The van der Waals surface area contributed by atoms with E-state index in [4.69, 9.17) is 19.5 Å². The molecule has 2 rings (SSSR count). The molecule has 2 aromatic rings. The van der Waals surface area contributed by atoms with Gasteiger partial charge in [-0.1, -0.05) is 6.07 Å². The molecule has 0 bridgehead atoms. The number of ether oxygens (including phenoxy) is 3. The second-order valence-electron chi connectivity index (χ2n) is 5.77. The number of amides is 1. The highest BCUT2D eigenvalue weighted by molar-refractivity contribution is 9.10. The fraction of sp³-hybridized carbons (Fsp3) is 0.150. The summed E-state index contributed by atoms with van der Waals surface area (Å²) >= 11 is 3.13. The summed E-state index contributed by atoms with van der Waals surface area (Å²) in [6.45, 7) is -0.673. The van der Waals surface area contributed by atoms with Crippen molar-refractivity contribution in [1.82, 2.24) is 0 Å². The molecule has 160 valence electrons. The average Bonchev–Trinajstić information content (AvgIpc) is 2.76. The molecule has 0 spiro atoms. The SMILES string of the molecule is COc1cc(C=CC(=O)OCC(=O)Nc2ccc([N+](=O)[O-])cc2Br)ccc1OCC#N. The van der Waals surface area contributed by atoms with Crippen molar-refractivity contribution in [2.24, 2.45) is 0 Å². The number of nitrogens with one attached hydrogen (secondary N) is 1. The summed E-state index contributed by atoms with van der Waals surface area (Å²) in [5.41, 5.74) is 0.771. The molecule has 0 aliphatic carbocycles. The number of nitro benzene ring substituents is 1. The lowest BCUT2D eigenvalue weighted by atomic mass is 10.2. The van der Waals surface area contributed by atoms with E-state index in [1.807, 2.05) is 6.07 Å². The van der Waals surface area contributed by atoms with Crippen LogP contribution in [0.25, 0.3) is 6.08 Å². The Morgan fingerprint density at radius 2 is 2.03 bits per heavy atom. The quantitative estimate of drug-likeness (QED) is 0.244. The Morgan fingerprint density at radius 3 is 2.68 bits per heavy atom. The molecule has 1 amide bonds. The van der Waals surface area contributed by atoms with Crippen molar-refractivity contribution in [3.63, 3.8) is 0 Å². The molecule has 0 atom stereocenters. The van der Waals surface area contributed by atoms with Crippen LogP contribution in [0.1, 0.15) is 5.56 Å². The fourth-order valence-corrected chi connectivity index (χ4v) is 2.74. The molecule has 10 nitrogen and oxygen atoms in total. The lowest BCUT2D eigenvalue weighted by molar-refractivity contribution is -0.384. The van der Waals surface area contributed by atoms with Gasteiger partial charge in [0, 0.05) is 22.7 Å². The Kier molecular flexibility index (Phi) is 8.53. The third kappa shape index (κ3) is 7.13. The number of hydrogen-bond acceptors (Lipinski definition) is 8. The zero-order chi connectivity index (χ0) is 22.8. The van der Waals surface area contributed by atoms with E-state index < -0.39 is 23.4 Å². The summed E-state index contributed by atoms with van der Waals surface area (Å²) in [5.74, 6) is -0.588. The maximum atomic E-state index is 11.9. The summed E-state index contributed by atoms with van der Waals surface area (Å²) in [6, 6.07) is 10.5. The van der Waals surface area contributed by atoms with Gasteiger partial charge in [0.05, 0.1) is 17.7 Å². The predicted octanol–water partition coefficient (Wildman–Crippen LogP) is 3.46. The van der Waals surface area contributed by atoms with E-state index in [-0.39, 0.29) is 12.3 Å². The van der Waals surface area contributed by atoms with Gasteiger partial charge >= 0.3 is 5.97 Å². The maximum absolute atomic E-state index is 11.9. The van der Waals surface area contributed by atoms with Gasteiger partial charge in [0.25, 0.3) is 11.6 Å². The lowest BCUT2D eigenvalue weighted by Crippen LogP contribution is -2.20. The Balaban J connectivity index is 1.90. The number of rotatable bonds is 9. The minimum Gasteiger partial charge on any atom is -0.493 e. The van der Waals surface area contributed by atoms with Crippen LogP contribution in [0, 0.1) is 21.4 Å². The van der Waals surface area contributed by atoms with E-state index in [0.29, 0.717) is 27.2 Å². The first kappa shape index (κ1) is 23.4. The van der Waals surface area contributed by atoms with Gasteiger partial charge in [0.1, 0.15) is 6.07 Å². The summed E-state index contributed by atoms with van der Waals surface area (Å²) in [5, 5.41) is 21.8. The third-order valence-electron chi connectivity index (χ3n) is 3.67. The Labute approximate surface area is 185 Å². The molecular formula is C20H16BrN3O7. The highest BCUT2D eigenvalue weighted by atomic mass is 79.9. The number of benzene rings is 2. The summed E-state index contributed by atoms with van der Waals surface area (Å²) in [7, 11) is 1.44. The van der Waals surface area contributed by atoms with Crippen molar-refractivity contribution in [3.8, 4) is 17.6 Å². The van der Waals surface area contributed by atoms with E-state index in [2.05, 4.69) is 21.2 Å². The molecule has 31 heavy (non-hydrogen) atoms. The summed E-state index contributed by atoms with van der Waals surface area (Å²) < 4.78 is 15.6. The molecule has 0 aromatic heterocycles. The van der Waals surface area contributed by atoms with Crippen LogP contribution in [0.3, 0.4) is 0 Å². The molecule has 0 aliphatic heterocycles. The lowest BCUT2D eigenvalue weighted by Gasteiger charge is -2.09. The van der Waals surface area contributed by atoms with Crippen molar-refractivity contribution >= 4 is 45.3 Å². The monoisotopic (exact) mass is 489 g/mol. The first-order valence-corrected chi connectivity index (χ1v) is 9.39. The van der Waals surface area contributed by atoms with Crippen molar-refractivity contribution in [1.29, 1.82) is 5.26 Å². The topological polar surface area (TPSA) is 141 Å². The number of nitrogens with zero attached hydrogens (tertiary/aromatic N) is 2. The molecule has 1 N–H and O–H groups in total. The highest BCUT2D eigenvalue weighted by Crippen LogP contribution is 2.29. The number of carbonyl (C=O) groups is 2. The zero-order valence-corrected chi connectivity index (χ0v) is 17.7. The van der Waals surface area contributed by atoms with Gasteiger partial charge in [-0.05, 0) is 45.8 Å². The average molecular weight is 490 g/mol. The van der Waals surface area contributed by atoms with Crippen LogP contribution >= 0.6 is 15.9 Å². The Morgan fingerprint density at radius 1 is 1.26 bits per heavy atom. The molecule has 0 saturated carbocycles. The van der Waals surface area contributed by atoms with Crippen molar-refractivity contribution < 1.29 is 28.7 Å². The van der Waals surface area contributed by atoms with E-state index >= 15 is 0 Å². The molecule has 0 unspecified atom stereocenters. The number of carbonyl (C=O) groups excluding carboxylic acids is 2. The molecule has 0 aliphatic rings. The van der Waals surface area contributed by atoms with E-state index in [1.54, 1.807) is 18.2 Å². The number of hydrogen-bond donors (Lipinski definition) is 1. The molecule has 0 radical (unpaired) electrons. The van der Waals surface area contributed by atoms with Crippen LogP contribution in [-0.4, -0.2) is 37.1 Å². The largest absolute Gasteiger partial charge is 0.493 e. The van der Waals surface area contributed by atoms with Crippen molar-refractivity contribution in [3.05, 3.63) is 62.6 Å². The predicted molar refractivity (Wildman–Crippen MR) is 114 cm³/mol. The van der Waals surface area contributed by atoms with Gasteiger partial charge in [0.2, 0.25) is 0 Å². The van der Waals surface area contributed by atoms with Gasteiger partial charge in [-0.3, -0.25) is 14.9 Å². The van der Waals surface area contributed by atoms with Crippen molar-refractivity contribution in [2.75, 3.05) is 25.6 Å². The van der Waals surface area contributed by atoms with Crippen LogP contribution in [0.2, 0.25) is 0 Å². The Hall–Kier alpha value is -3.91. The maximum Gasteiger partial charge on any atom is 0.331 e. The normalized spacial score (nSPS) is 10.2. The van der Waals surface area contributed by atoms with Crippen molar-refractivity contribution in [2.45, 2.75) is 0 Å². The first-order valence-electron chi connectivity index (χ1n) is 8.60. The summed E-state index contributed by atoms with van der Waals surface area (Å²) in [6.07, 6.45) is 2.60. The number of anilines is 1. The molecule has 0 heterocycles. The van der Waals surface area contributed by atoms with Gasteiger partial charge in [-0.2, -0.15) is 5.26 Å². The molecular weight excluding hydrogens is 474 g/mol. The van der Waals surface area contributed by atoms with E-state index in [9.17, 15) is 19.7 Å². The van der Waals surface area contributed by atoms with Gasteiger partial charge in [-0.25, -0.2) is 4.79 Å². The molecule has 0 fully saturated rings. The Bertz CT molecular complexity index is 1060. The number of methoxy groups -OCH3 is 1. The van der Waals surface area contributed by atoms with Crippen LogP contribution in [-0.2, 0) is 14.3 Å². The number of halogens is 1. The third-order valence-corrected chi connectivity index (χ3v) is 4.33. The molecule has 2 aromatic carbocycles. The van der Waals surface area contributed by atoms with Gasteiger partial charge in [-0.15, -0.1) is 0 Å². The number of nitro groups is 1. The zero-order valence-electron chi connectivity index (χ0n) is 16.2. The minimum atomic E-state index is -0.748. The number of esters is 1. The fourth-order valence-electron chi connectivity index (χ4n) is 2.27.